The third-order valence-electron chi connectivity index (χ3n) is 3.79. The summed E-state index contributed by atoms with van der Waals surface area (Å²) in [7, 11) is 0. The van der Waals surface area contributed by atoms with E-state index in [0.29, 0.717) is 35.8 Å². The highest BCUT2D eigenvalue weighted by atomic mass is 35.5. The number of amides is 2. The molecule has 0 aliphatic heterocycles. The molecule has 7 nitrogen and oxygen atoms in total. The zero-order valence-corrected chi connectivity index (χ0v) is 17.5. The van der Waals surface area contributed by atoms with Crippen molar-refractivity contribution in [2.24, 2.45) is 5.10 Å². The van der Waals surface area contributed by atoms with Crippen molar-refractivity contribution in [3.63, 3.8) is 0 Å². The normalized spacial score (nSPS) is 11.0. The van der Waals surface area contributed by atoms with Gasteiger partial charge in [0.15, 0.2) is 0 Å². The zero-order valence-electron chi connectivity index (χ0n) is 16.7. The third kappa shape index (κ3) is 7.81. The van der Waals surface area contributed by atoms with Crippen LogP contribution in [-0.2, 0) is 14.3 Å². The SMILES string of the molecule is CC(C)OCCCNC(=O)C(=O)N/N=C\c1cc(Cl)ccc1Nc1ccccc1F. The summed E-state index contributed by atoms with van der Waals surface area (Å²) in [4.78, 5) is 23.6. The first-order valence-electron chi connectivity index (χ1n) is 9.40. The van der Waals surface area contributed by atoms with Gasteiger partial charge in [-0.1, -0.05) is 23.7 Å². The molecule has 0 saturated carbocycles. The molecule has 0 heterocycles. The van der Waals surface area contributed by atoms with Gasteiger partial charge in [-0.3, -0.25) is 9.59 Å². The number of hydrogen-bond donors (Lipinski definition) is 3. The fraction of sp³-hybridized carbons (Fsp3) is 0.286. The Balaban J connectivity index is 1.92. The number of carbonyl (C=O) groups excluding carboxylic acids is 2. The molecule has 0 spiro atoms. The van der Waals surface area contributed by atoms with Crippen molar-refractivity contribution in [3.05, 3.63) is 58.9 Å². The average Bonchev–Trinajstić information content (AvgIpc) is 2.70. The van der Waals surface area contributed by atoms with E-state index >= 15 is 0 Å². The number of anilines is 2. The van der Waals surface area contributed by atoms with Gasteiger partial charge in [0.05, 0.1) is 18.0 Å². The summed E-state index contributed by atoms with van der Waals surface area (Å²) >= 11 is 6.02. The smallest absolute Gasteiger partial charge is 0.329 e. The number of halogens is 2. The van der Waals surface area contributed by atoms with E-state index in [4.69, 9.17) is 16.3 Å². The standard InChI is InChI=1S/C21H24ClFN4O3/c1-14(2)30-11-5-10-24-20(28)21(29)27-25-13-15-12-16(22)8-9-18(15)26-19-7-4-3-6-17(19)23/h3-4,6-9,12-14,26H,5,10-11H2,1-2H3,(H,24,28)(H,27,29)/b25-13-. The summed E-state index contributed by atoms with van der Waals surface area (Å²) in [5.74, 6) is -2.12. The van der Waals surface area contributed by atoms with Crippen LogP contribution in [0.3, 0.4) is 0 Å². The first-order valence-corrected chi connectivity index (χ1v) is 9.78. The molecule has 0 bridgehead atoms. The molecule has 0 aromatic heterocycles. The molecule has 0 aliphatic carbocycles. The van der Waals surface area contributed by atoms with Gasteiger partial charge in [0.1, 0.15) is 5.82 Å². The van der Waals surface area contributed by atoms with Crippen LogP contribution in [0, 0.1) is 5.82 Å². The predicted octanol–water partition coefficient (Wildman–Crippen LogP) is 3.60. The maximum absolute atomic E-state index is 13.9. The van der Waals surface area contributed by atoms with Crippen molar-refractivity contribution >= 4 is 41.0 Å². The van der Waals surface area contributed by atoms with Crippen molar-refractivity contribution in [2.45, 2.75) is 26.4 Å². The van der Waals surface area contributed by atoms with E-state index in [1.165, 1.54) is 12.3 Å². The summed E-state index contributed by atoms with van der Waals surface area (Å²) in [6.45, 7) is 4.64. The Kier molecular flexibility index (Phi) is 9.24. The maximum Gasteiger partial charge on any atom is 0.329 e. The number of rotatable bonds is 9. The molecule has 3 N–H and O–H groups in total. The van der Waals surface area contributed by atoms with Crippen LogP contribution < -0.4 is 16.1 Å². The molecule has 2 rings (SSSR count). The van der Waals surface area contributed by atoms with Crippen LogP contribution in [0.5, 0.6) is 0 Å². The average molecular weight is 435 g/mol. The van der Waals surface area contributed by atoms with E-state index in [1.54, 1.807) is 36.4 Å². The fourth-order valence-corrected chi connectivity index (χ4v) is 2.53. The monoisotopic (exact) mass is 434 g/mol. The van der Waals surface area contributed by atoms with Crippen LogP contribution in [0.15, 0.2) is 47.6 Å². The minimum atomic E-state index is -0.901. The molecular weight excluding hydrogens is 411 g/mol. The third-order valence-corrected chi connectivity index (χ3v) is 4.03. The molecule has 0 fully saturated rings. The van der Waals surface area contributed by atoms with Crippen molar-refractivity contribution in [3.8, 4) is 0 Å². The van der Waals surface area contributed by atoms with Crippen LogP contribution in [-0.4, -0.2) is 37.3 Å². The van der Waals surface area contributed by atoms with Gasteiger partial charge in [0.2, 0.25) is 0 Å². The second kappa shape index (κ2) is 11.9. The lowest BCUT2D eigenvalue weighted by atomic mass is 10.2. The maximum atomic E-state index is 13.9. The summed E-state index contributed by atoms with van der Waals surface area (Å²) in [5, 5.41) is 9.66. The minimum Gasteiger partial charge on any atom is -0.379 e. The van der Waals surface area contributed by atoms with Crippen LogP contribution in [0.1, 0.15) is 25.8 Å². The van der Waals surface area contributed by atoms with E-state index in [0.717, 1.165) is 0 Å². The van der Waals surface area contributed by atoms with Crippen molar-refractivity contribution in [2.75, 3.05) is 18.5 Å². The van der Waals surface area contributed by atoms with Crippen molar-refractivity contribution in [1.82, 2.24) is 10.7 Å². The number of hydrogen-bond acceptors (Lipinski definition) is 5. The van der Waals surface area contributed by atoms with Gasteiger partial charge in [-0.05, 0) is 50.6 Å². The molecule has 0 aliphatic rings. The van der Waals surface area contributed by atoms with Gasteiger partial charge >= 0.3 is 11.8 Å². The topological polar surface area (TPSA) is 91.8 Å². The van der Waals surface area contributed by atoms with Gasteiger partial charge in [-0.2, -0.15) is 5.10 Å². The van der Waals surface area contributed by atoms with Gasteiger partial charge < -0.3 is 15.4 Å². The Bertz CT molecular complexity index is 906. The molecule has 30 heavy (non-hydrogen) atoms. The Labute approximate surface area is 179 Å². The quantitative estimate of drug-likeness (QED) is 0.243. The summed E-state index contributed by atoms with van der Waals surface area (Å²) in [6, 6.07) is 11.1. The number of ether oxygens (including phenoxy) is 1. The molecule has 9 heteroatoms. The van der Waals surface area contributed by atoms with Gasteiger partial charge in [-0.25, -0.2) is 9.82 Å². The summed E-state index contributed by atoms with van der Waals surface area (Å²) < 4.78 is 19.2. The first kappa shape index (κ1) is 23.3. The number of nitrogens with one attached hydrogen (secondary N) is 3. The molecule has 0 atom stereocenters. The Morgan fingerprint density at radius 3 is 2.67 bits per heavy atom. The molecule has 160 valence electrons. The summed E-state index contributed by atoms with van der Waals surface area (Å²) in [5.41, 5.74) is 3.45. The van der Waals surface area contributed by atoms with E-state index in [9.17, 15) is 14.0 Å². The lowest BCUT2D eigenvalue weighted by Gasteiger charge is -2.11. The Morgan fingerprint density at radius 2 is 1.93 bits per heavy atom. The number of para-hydroxylation sites is 1. The van der Waals surface area contributed by atoms with Crippen molar-refractivity contribution in [1.29, 1.82) is 0 Å². The molecule has 0 unspecified atom stereocenters. The molecule has 2 aromatic carbocycles. The van der Waals surface area contributed by atoms with Gasteiger partial charge in [0, 0.05) is 29.4 Å². The zero-order chi connectivity index (χ0) is 21.9. The Hall–Kier alpha value is -2.97. The van der Waals surface area contributed by atoms with Crippen LogP contribution >= 0.6 is 11.6 Å². The molecule has 0 saturated heterocycles. The molecule has 2 amide bonds. The van der Waals surface area contributed by atoms with E-state index in [-0.39, 0.29) is 11.8 Å². The fourth-order valence-electron chi connectivity index (χ4n) is 2.35. The summed E-state index contributed by atoms with van der Waals surface area (Å²) in [6.07, 6.45) is 2.02. The highest BCUT2D eigenvalue weighted by molar-refractivity contribution is 6.35. The van der Waals surface area contributed by atoms with E-state index in [2.05, 4.69) is 21.2 Å². The predicted molar refractivity (Wildman–Crippen MR) is 116 cm³/mol. The molecule has 0 radical (unpaired) electrons. The molecule has 2 aromatic rings. The lowest BCUT2D eigenvalue weighted by molar-refractivity contribution is -0.139. The Morgan fingerprint density at radius 1 is 1.17 bits per heavy atom. The second-order valence-electron chi connectivity index (χ2n) is 6.56. The van der Waals surface area contributed by atoms with Crippen LogP contribution in [0.4, 0.5) is 15.8 Å². The highest BCUT2D eigenvalue weighted by Crippen LogP contribution is 2.24. The second-order valence-corrected chi connectivity index (χ2v) is 7.00. The van der Waals surface area contributed by atoms with Gasteiger partial charge in [0.25, 0.3) is 0 Å². The number of benzene rings is 2. The largest absolute Gasteiger partial charge is 0.379 e. The minimum absolute atomic E-state index is 0.114. The van der Waals surface area contributed by atoms with Crippen LogP contribution in [0.25, 0.3) is 0 Å². The number of carbonyl (C=O) groups is 2. The van der Waals surface area contributed by atoms with Crippen LogP contribution in [0.2, 0.25) is 5.02 Å². The van der Waals surface area contributed by atoms with Gasteiger partial charge in [-0.15, -0.1) is 0 Å². The van der Waals surface area contributed by atoms with E-state index < -0.39 is 17.6 Å². The molecular formula is C21H24ClFN4O3. The number of hydrazone groups is 1. The number of nitrogens with zero attached hydrogens (tertiary/aromatic N) is 1. The lowest BCUT2D eigenvalue weighted by Crippen LogP contribution is -2.38. The highest BCUT2D eigenvalue weighted by Gasteiger charge is 2.12. The van der Waals surface area contributed by atoms with E-state index in [1.807, 2.05) is 13.8 Å². The van der Waals surface area contributed by atoms with Crippen molar-refractivity contribution < 1.29 is 18.7 Å². The first-order chi connectivity index (χ1) is 14.4.